The molecule has 94 valence electrons. The van der Waals surface area contributed by atoms with Crippen molar-refractivity contribution >= 4 is 23.2 Å². The second-order valence-electron chi connectivity index (χ2n) is 4.87. The maximum atomic E-state index is 10.7. The molecule has 1 aliphatic rings. The van der Waals surface area contributed by atoms with E-state index >= 15 is 0 Å². The summed E-state index contributed by atoms with van der Waals surface area (Å²) in [5.74, 6) is 0.225. The second kappa shape index (κ2) is 5.15. The molecule has 1 heterocycles. The number of benzene rings is 1. The monoisotopic (exact) mass is 273 g/mol. The van der Waals surface area contributed by atoms with Crippen LogP contribution < -0.4 is 5.32 Å². The SMILES string of the molecule is CC1CNCCC1(O)Cc1ccc(Cl)cc1Cl. The molecule has 0 radical (unpaired) electrons. The largest absolute Gasteiger partial charge is 0.389 e. The van der Waals surface area contributed by atoms with E-state index in [9.17, 15) is 5.11 Å². The third-order valence-corrected chi connectivity index (χ3v) is 4.20. The van der Waals surface area contributed by atoms with E-state index in [1.807, 2.05) is 12.1 Å². The zero-order valence-electron chi connectivity index (χ0n) is 9.84. The van der Waals surface area contributed by atoms with Gasteiger partial charge in [-0.2, -0.15) is 0 Å². The van der Waals surface area contributed by atoms with E-state index in [4.69, 9.17) is 23.2 Å². The van der Waals surface area contributed by atoms with E-state index in [0.717, 1.165) is 25.1 Å². The van der Waals surface area contributed by atoms with Crippen LogP contribution in [-0.2, 0) is 6.42 Å². The molecule has 2 N–H and O–H groups in total. The summed E-state index contributed by atoms with van der Waals surface area (Å²) in [6, 6.07) is 5.45. The summed E-state index contributed by atoms with van der Waals surface area (Å²) in [5.41, 5.74) is 0.301. The zero-order chi connectivity index (χ0) is 12.5. The molecule has 2 rings (SSSR count). The Hall–Kier alpha value is -0.280. The second-order valence-corrected chi connectivity index (χ2v) is 5.71. The molecule has 1 saturated heterocycles. The predicted molar refractivity (Wildman–Crippen MR) is 71.8 cm³/mol. The average Bonchev–Trinajstić information content (AvgIpc) is 2.27. The fourth-order valence-corrected chi connectivity index (χ4v) is 2.79. The lowest BCUT2D eigenvalue weighted by Crippen LogP contribution is -2.50. The Kier molecular flexibility index (Phi) is 3.99. The number of hydrogen-bond acceptors (Lipinski definition) is 2. The zero-order valence-corrected chi connectivity index (χ0v) is 11.4. The average molecular weight is 274 g/mol. The molecule has 1 aromatic carbocycles. The highest BCUT2D eigenvalue weighted by Gasteiger charge is 2.36. The van der Waals surface area contributed by atoms with Crippen molar-refractivity contribution in [3.8, 4) is 0 Å². The van der Waals surface area contributed by atoms with Crippen LogP contribution in [0.15, 0.2) is 18.2 Å². The highest BCUT2D eigenvalue weighted by atomic mass is 35.5. The summed E-state index contributed by atoms with van der Waals surface area (Å²) >= 11 is 12.0. The minimum atomic E-state index is -0.664. The van der Waals surface area contributed by atoms with Gasteiger partial charge in [-0.05, 0) is 36.6 Å². The number of halogens is 2. The van der Waals surface area contributed by atoms with Crippen LogP contribution in [0.3, 0.4) is 0 Å². The van der Waals surface area contributed by atoms with Crippen molar-refractivity contribution in [2.45, 2.75) is 25.4 Å². The smallest absolute Gasteiger partial charge is 0.0738 e. The van der Waals surface area contributed by atoms with Gasteiger partial charge in [0.2, 0.25) is 0 Å². The van der Waals surface area contributed by atoms with Gasteiger partial charge in [0.25, 0.3) is 0 Å². The van der Waals surface area contributed by atoms with E-state index in [-0.39, 0.29) is 5.92 Å². The Morgan fingerprint density at radius 3 is 2.88 bits per heavy atom. The Morgan fingerprint density at radius 1 is 1.47 bits per heavy atom. The van der Waals surface area contributed by atoms with Crippen LogP contribution in [0, 0.1) is 5.92 Å². The molecule has 2 unspecified atom stereocenters. The molecular weight excluding hydrogens is 257 g/mol. The Labute approximate surface area is 112 Å². The third-order valence-electron chi connectivity index (χ3n) is 3.61. The number of aliphatic hydroxyl groups is 1. The van der Waals surface area contributed by atoms with Crippen molar-refractivity contribution in [2.24, 2.45) is 5.92 Å². The van der Waals surface area contributed by atoms with Crippen LogP contribution in [0.4, 0.5) is 0 Å². The van der Waals surface area contributed by atoms with Crippen molar-refractivity contribution in [2.75, 3.05) is 13.1 Å². The number of hydrogen-bond donors (Lipinski definition) is 2. The lowest BCUT2D eigenvalue weighted by molar-refractivity contribution is -0.0329. The molecular formula is C13H17Cl2NO. The maximum absolute atomic E-state index is 10.7. The van der Waals surface area contributed by atoms with Crippen LogP contribution in [-0.4, -0.2) is 23.8 Å². The molecule has 1 fully saturated rings. The number of piperidine rings is 1. The van der Waals surface area contributed by atoms with E-state index < -0.39 is 5.60 Å². The lowest BCUT2D eigenvalue weighted by Gasteiger charge is -2.39. The van der Waals surface area contributed by atoms with Crippen LogP contribution in [0.25, 0.3) is 0 Å². The van der Waals surface area contributed by atoms with Crippen molar-refractivity contribution in [1.29, 1.82) is 0 Å². The molecule has 0 aromatic heterocycles. The maximum Gasteiger partial charge on any atom is 0.0738 e. The van der Waals surface area contributed by atoms with Gasteiger partial charge in [-0.15, -0.1) is 0 Å². The highest BCUT2D eigenvalue weighted by Crippen LogP contribution is 2.31. The number of rotatable bonds is 2. The summed E-state index contributed by atoms with van der Waals surface area (Å²) in [5, 5.41) is 15.2. The van der Waals surface area contributed by atoms with Crippen LogP contribution >= 0.6 is 23.2 Å². The molecule has 17 heavy (non-hydrogen) atoms. The van der Waals surface area contributed by atoms with Gasteiger partial charge in [0.1, 0.15) is 0 Å². The topological polar surface area (TPSA) is 32.3 Å². The van der Waals surface area contributed by atoms with Gasteiger partial charge in [-0.3, -0.25) is 0 Å². The summed E-state index contributed by atoms with van der Waals surface area (Å²) in [4.78, 5) is 0. The molecule has 2 atom stereocenters. The van der Waals surface area contributed by atoms with Gasteiger partial charge in [-0.1, -0.05) is 36.2 Å². The van der Waals surface area contributed by atoms with Crippen LogP contribution in [0.5, 0.6) is 0 Å². The van der Waals surface area contributed by atoms with E-state index in [1.165, 1.54) is 0 Å². The first kappa shape index (κ1) is 13.2. The minimum Gasteiger partial charge on any atom is -0.389 e. The predicted octanol–water partition coefficient (Wildman–Crippen LogP) is 2.90. The summed E-state index contributed by atoms with van der Waals surface area (Å²) in [6.45, 7) is 3.77. The van der Waals surface area contributed by atoms with Gasteiger partial charge in [0.15, 0.2) is 0 Å². The Balaban J connectivity index is 2.19. The van der Waals surface area contributed by atoms with Crippen molar-refractivity contribution in [3.63, 3.8) is 0 Å². The Morgan fingerprint density at radius 2 is 2.24 bits per heavy atom. The van der Waals surface area contributed by atoms with Gasteiger partial charge >= 0.3 is 0 Å². The quantitative estimate of drug-likeness (QED) is 0.869. The third kappa shape index (κ3) is 2.94. The molecule has 1 aromatic rings. The van der Waals surface area contributed by atoms with Gasteiger partial charge in [0.05, 0.1) is 5.60 Å². The minimum absolute atomic E-state index is 0.225. The van der Waals surface area contributed by atoms with Crippen LogP contribution in [0.1, 0.15) is 18.9 Å². The van der Waals surface area contributed by atoms with E-state index in [2.05, 4.69) is 12.2 Å². The van der Waals surface area contributed by atoms with Crippen molar-refractivity contribution in [3.05, 3.63) is 33.8 Å². The summed E-state index contributed by atoms with van der Waals surface area (Å²) < 4.78 is 0. The lowest BCUT2D eigenvalue weighted by atomic mass is 9.78. The van der Waals surface area contributed by atoms with Gasteiger partial charge in [0, 0.05) is 23.0 Å². The van der Waals surface area contributed by atoms with Crippen molar-refractivity contribution in [1.82, 2.24) is 5.32 Å². The molecule has 4 heteroatoms. The van der Waals surface area contributed by atoms with E-state index in [1.54, 1.807) is 6.07 Å². The molecule has 2 nitrogen and oxygen atoms in total. The summed E-state index contributed by atoms with van der Waals surface area (Å²) in [7, 11) is 0. The van der Waals surface area contributed by atoms with Gasteiger partial charge < -0.3 is 10.4 Å². The first-order valence-electron chi connectivity index (χ1n) is 5.88. The first-order chi connectivity index (χ1) is 8.01. The highest BCUT2D eigenvalue weighted by molar-refractivity contribution is 6.35. The molecule has 1 aliphatic heterocycles. The van der Waals surface area contributed by atoms with E-state index in [0.29, 0.717) is 16.5 Å². The van der Waals surface area contributed by atoms with Crippen LogP contribution in [0.2, 0.25) is 10.0 Å². The van der Waals surface area contributed by atoms with Gasteiger partial charge in [-0.25, -0.2) is 0 Å². The Bertz CT molecular complexity index is 410. The van der Waals surface area contributed by atoms with Crippen molar-refractivity contribution < 1.29 is 5.11 Å². The normalized spacial score (nSPS) is 29.3. The fourth-order valence-electron chi connectivity index (χ4n) is 2.32. The molecule has 0 bridgehead atoms. The molecule has 0 spiro atoms. The first-order valence-corrected chi connectivity index (χ1v) is 6.64. The summed E-state index contributed by atoms with van der Waals surface area (Å²) in [6.07, 6.45) is 1.35. The molecule has 0 aliphatic carbocycles. The fraction of sp³-hybridized carbons (Fsp3) is 0.538. The number of nitrogens with one attached hydrogen (secondary N) is 1. The molecule has 0 amide bonds. The molecule has 0 saturated carbocycles. The standard InChI is InChI=1S/C13H17Cl2NO/c1-9-8-16-5-4-13(9,17)7-10-2-3-11(14)6-12(10)15/h2-3,6,9,16-17H,4-5,7-8H2,1H3.